The molecule has 1 aliphatic heterocycles. The number of benzene rings is 1. The zero-order valence-corrected chi connectivity index (χ0v) is 22.1. The van der Waals surface area contributed by atoms with Crippen molar-refractivity contribution >= 4 is 28.7 Å². The lowest BCUT2D eigenvalue weighted by atomic mass is 9.67. The Morgan fingerprint density at radius 1 is 1.12 bits per heavy atom. The van der Waals surface area contributed by atoms with Crippen LogP contribution in [0.1, 0.15) is 43.4 Å². The molecule has 1 aromatic carbocycles. The van der Waals surface area contributed by atoms with E-state index in [9.17, 15) is 31.5 Å². The van der Waals surface area contributed by atoms with Gasteiger partial charge in [-0.25, -0.2) is 18.2 Å². The number of carbonyl (C=O) groups is 2. The fourth-order valence-corrected chi connectivity index (χ4v) is 5.73. The number of rotatable bonds is 8. The highest BCUT2D eigenvalue weighted by Gasteiger charge is 2.53. The Labute approximate surface area is 232 Å². The summed E-state index contributed by atoms with van der Waals surface area (Å²) in [6.45, 7) is -3.10. The third-order valence-electron chi connectivity index (χ3n) is 7.77. The number of nitrogens with zero attached hydrogens (tertiary/aromatic N) is 2. The number of halogens is 5. The Morgan fingerprint density at radius 2 is 1.83 bits per heavy atom. The number of aromatic nitrogens is 2. The molecule has 1 saturated carbocycles. The average Bonchev–Trinajstić information content (AvgIpc) is 3.51. The number of likely N-dealkylation sites (tertiary alicyclic amines) is 1. The molecule has 3 aromatic rings. The highest BCUT2D eigenvalue weighted by atomic mass is 19.3. The van der Waals surface area contributed by atoms with E-state index in [1.54, 1.807) is 25.3 Å². The van der Waals surface area contributed by atoms with Crippen LogP contribution in [0.4, 0.5) is 27.8 Å². The number of alkyl halides is 5. The van der Waals surface area contributed by atoms with E-state index in [1.165, 1.54) is 24.3 Å². The van der Waals surface area contributed by atoms with Crippen LogP contribution in [0.25, 0.3) is 11.0 Å². The first-order chi connectivity index (χ1) is 19.5. The van der Waals surface area contributed by atoms with Crippen LogP contribution in [0.15, 0.2) is 42.5 Å². The summed E-state index contributed by atoms with van der Waals surface area (Å²) in [6, 6.07) is 9.06. The van der Waals surface area contributed by atoms with E-state index < -0.39 is 54.8 Å². The van der Waals surface area contributed by atoms with Crippen molar-refractivity contribution in [2.24, 2.45) is 0 Å². The summed E-state index contributed by atoms with van der Waals surface area (Å²) in [5.41, 5.74) is 0.890. The molecule has 2 aliphatic rings. The topological polar surface area (TPSA) is 96.6 Å². The van der Waals surface area contributed by atoms with E-state index in [2.05, 4.69) is 20.0 Å². The van der Waals surface area contributed by atoms with Gasteiger partial charge in [-0.3, -0.25) is 9.59 Å². The molecule has 8 nitrogen and oxygen atoms in total. The van der Waals surface area contributed by atoms with Gasteiger partial charge in [0.15, 0.2) is 0 Å². The lowest BCUT2D eigenvalue weighted by Crippen LogP contribution is -2.54. The summed E-state index contributed by atoms with van der Waals surface area (Å²) in [5, 5.41) is 2.65. The molecule has 1 saturated heterocycles. The molecule has 2 fully saturated rings. The van der Waals surface area contributed by atoms with Crippen molar-refractivity contribution < 1.29 is 41.0 Å². The highest BCUT2D eigenvalue weighted by molar-refractivity contribution is 5.99. The number of ether oxygens (including phenoxy) is 2. The SMILES string of the molecule is COCc1cc2nc(NC(=O)[C@H]3C[C@@H](F)CN3C(=O)C3(c4ccc(OC(F)F)cc4)CCC(F)(F)CC3)ccc2[nH]1. The highest BCUT2D eigenvalue weighted by Crippen LogP contribution is 2.47. The van der Waals surface area contributed by atoms with E-state index in [1.807, 2.05) is 0 Å². The maximum Gasteiger partial charge on any atom is 0.387 e. The lowest BCUT2D eigenvalue weighted by molar-refractivity contribution is -0.146. The summed E-state index contributed by atoms with van der Waals surface area (Å²) in [6.07, 6.45) is -3.48. The predicted molar refractivity (Wildman–Crippen MR) is 139 cm³/mol. The van der Waals surface area contributed by atoms with Crippen molar-refractivity contribution in [2.75, 3.05) is 19.0 Å². The molecular formula is C28H29F5N4O4. The van der Waals surface area contributed by atoms with Gasteiger partial charge in [-0.05, 0) is 48.7 Å². The number of nitrogens with one attached hydrogen (secondary N) is 2. The van der Waals surface area contributed by atoms with Crippen molar-refractivity contribution in [1.29, 1.82) is 0 Å². The van der Waals surface area contributed by atoms with E-state index in [0.717, 1.165) is 16.1 Å². The van der Waals surface area contributed by atoms with Gasteiger partial charge in [0.05, 0.1) is 29.6 Å². The smallest absolute Gasteiger partial charge is 0.387 e. The standard InChI is InChI=1S/C28H29F5N4O4/c1-40-15-18-13-21-20(34-18)6-7-23(35-21)36-24(38)22-12-17(29)14-37(22)25(39)27(8-10-28(32,33)11-9-27)16-2-4-19(5-3-16)41-26(30)31/h2-7,13,17,22,26,34H,8-12,14-15H2,1H3,(H,35,36,38)/t17-,22-/m1/s1. The summed E-state index contributed by atoms with van der Waals surface area (Å²) in [5.74, 6) is -4.26. The molecule has 0 bridgehead atoms. The average molecular weight is 581 g/mol. The number of methoxy groups -OCH3 is 1. The molecule has 0 spiro atoms. The molecule has 2 N–H and O–H groups in total. The number of hydrogen-bond donors (Lipinski definition) is 2. The van der Waals surface area contributed by atoms with Crippen molar-refractivity contribution in [2.45, 2.75) is 68.9 Å². The van der Waals surface area contributed by atoms with Crippen LogP contribution < -0.4 is 10.1 Å². The zero-order valence-electron chi connectivity index (χ0n) is 22.1. The number of fused-ring (bicyclic) bond motifs is 1. The van der Waals surface area contributed by atoms with Gasteiger partial charge >= 0.3 is 6.61 Å². The minimum absolute atomic E-state index is 0.157. The quantitative estimate of drug-likeness (QED) is 0.351. The van der Waals surface area contributed by atoms with E-state index >= 15 is 0 Å². The molecule has 3 heterocycles. The molecule has 0 radical (unpaired) electrons. The van der Waals surface area contributed by atoms with Gasteiger partial charge in [-0.2, -0.15) is 8.78 Å². The summed E-state index contributed by atoms with van der Waals surface area (Å²) in [4.78, 5) is 36.1. The molecule has 41 heavy (non-hydrogen) atoms. The first kappa shape index (κ1) is 28.8. The van der Waals surface area contributed by atoms with Gasteiger partial charge in [-0.1, -0.05) is 12.1 Å². The molecule has 1 aliphatic carbocycles. The van der Waals surface area contributed by atoms with Crippen LogP contribution in [-0.2, 0) is 26.3 Å². The van der Waals surface area contributed by atoms with E-state index in [-0.39, 0.29) is 37.4 Å². The number of H-pyrrole nitrogens is 1. The second-order valence-electron chi connectivity index (χ2n) is 10.5. The third kappa shape index (κ3) is 5.99. The van der Waals surface area contributed by atoms with Crippen molar-refractivity contribution in [3.05, 3.63) is 53.7 Å². The summed E-state index contributed by atoms with van der Waals surface area (Å²) in [7, 11) is 1.55. The van der Waals surface area contributed by atoms with Crippen LogP contribution in [-0.4, -0.2) is 65.1 Å². The molecular weight excluding hydrogens is 551 g/mol. The monoisotopic (exact) mass is 580 g/mol. The Morgan fingerprint density at radius 3 is 2.49 bits per heavy atom. The summed E-state index contributed by atoms with van der Waals surface area (Å²) < 4.78 is 77.9. The first-order valence-electron chi connectivity index (χ1n) is 13.2. The number of pyridine rings is 1. The summed E-state index contributed by atoms with van der Waals surface area (Å²) >= 11 is 0. The van der Waals surface area contributed by atoms with E-state index in [4.69, 9.17) is 4.74 Å². The van der Waals surface area contributed by atoms with Gasteiger partial charge < -0.3 is 24.7 Å². The number of hydrogen-bond acceptors (Lipinski definition) is 5. The molecule has 0 unspecified atom stereocenters. The van der Waals surface area contributed by atoms with Crippen molar-refractivity contribution in [1.82, 2.24) is 14.9 Å². The van der Waals surface area contributed by atoms with Gasteiger partial charge in [0.2, 0.25) is 17.7 Å². The van der Waals surface area contributed by atoms with Crippen LogP contribution in [0.3, 0.4) is 0 Å². The Balaban J connectivity index is 1.40. The molecule has 2 amide bonds. The van der Waals surface area contributed by atoms with Crippen LogP contribution >= 0.6 is 0 Å². The maximum atomic E-state index is 14.7. The molecule has 2 atom stereocenters. The lowest BCUT2D eigenvalue weighted by Gasteiger charge is -2.42. The first-order valence-corrected chi connectivity index (χ1v) is 13.2. The fraction of sp³-hybridized carbons (Fsp3) is 0.464. The Kier molecular flexibility index (Phi) is 7.91. The van der Waals surface area contributed by atoms with E-state index in [0.29, 0.717) is 17.7 Å². The number of amides is 2. The Bertz CT molecular complexity index is 1400. The molecule has 2 aromatic heterocycles. The van der Waals surface area contributed by atoms with Crippen LogP contribution in [0.5, 0.6) is 5.75 Å². The number of carbonyl (C=O) groups excluding carboxylic acids is 2. The maximum absolute atomic E-state index is 14.7. The fourth-order valence-electron chi connectivity index (χ4n) is 5.73. The van der Waals surface area contributed by atoms with Gasteiger partial charge in [0.1, 0.15) is 23.8 Å². The molecule has 220 valence electrons. The number of anilines is 1. The predicted octanol–water partition coefficient (Wildman–Crippen LogP) is 5.34. The second-order valence-corrected chi connectivity index (χ2v) is 10.5. The normalized spacial score (nSPS) is 21.8. The van der Waals surface area contributed by atoms with Crippen LogP contribution in [0, 0.1) is 0 Å². The molecule has 13 heteroatoms. The minimum atomic E-state index is -3.06. The van der Waals surface area contributed by atoms with Crippen LogP contribution in [0.2, 0.25) is 0 Å². The van der Waals surface area contributed by atoms with Gasteiger partial charge in [0.25, 0.3) is 0 Å². The number of aromatic amines is 1. The second kappa shape index (κ2) is 11.3. The molecule has 5 rings (SSSR count). The van der Waals surface area contributed by atoms with Gasteiger partial charge in [0, 0.05) is 32.1 Å². The van der Waals surface area contributed by atoms with Crippen molar-refractivity contribution in [3.63, 3.8) is 0 Å². The zero-order chi connectivity index (χ0) is 29.4. The minimum Gasteiger partial charge on any atom is -0.435 e. The Hall–Kier alpha value is -3.74. The van der Waals surface area contributed by atoms with Gasteiger partial charge in [-0.15, -0.1) is 0 Å². The third-order valence-corrected chi connectivity index (χ3v) is 7.77. The largest absolute Gasteiger partial charge is 0.435 e. The van der Waals surface area contributed by atoms with Crippen molar-refractivity contribution in [3.8, 4) is 5.75 Å².